The van der Waals surface area contributed by atoms with Crippen LogP contribution in [0.2, 0.25) is 0 Å². The molecule has 0 aromatic carbocycles. The van der Waals surface area contributed by atoms with Crippen molar-refractivity contribution in [2.75, 3.05) is 10.6 Å². The molecule has 7 nitrogen and oxygen atoms in total. The van der Waals surface area contributed by atoms with E-state index < -0.39 is 5.56 Å². The molecule has 19 heavy (non-hydrogen) atoms. The summed E-state index contributed by atoms with van der Waals surface area (Å²) in [6.45, 7) is 3.73. The van der Waals surface area contributed by atoms with Crippen LogP contribution < -0.4 is 16.2 Å². The monoisotopic (exact) mass is 266 g/mol. The van der Waals surface area contributed by atoms with E-state index in [1.165, 1.54) is 6.33 Å². The molecule has 0 spiro atoms. The van der Waals surface area contributed by atoms with Gasteiger partial charge in [0, 0.05) is 12.8 Å². The quantitative estimate of drug-likeness (QED) is 0.720. The van der Waals surface area contributed by atoms with Crippen molar-refractivity contribution in [2.45, 2.75) is 39.5 Å². The van der Waals surface area contributed by atoms with Crippen LogP contribution in [0, 0.1) is 0 Å². The average molecular weight is 266 g/mol. The summed E-state index contributed by atoms with van der Waals surface area (Å²) in [6, 6.07) is 0. The number of anilines is 2. The number of hydrogen-bond acceptors (Lipinski definition) is 4. The van der Waals surface area contributed by atoms with Crippen molar-refractivity contribution in [1.82, 2.24) is 9.97 Å². The van der Waals surface area contributed by atoms with Gasteiger partial charge in [0.2, 0.25) is 11.8 Å². The lowest BCUT2D eigenvalue weighted by Crippen LogP contribution is -2.23. The Morgan fingerprint density at radius 3 is 2.32 bits per heavy atom. The molecule has 0 aliphatic carbocycles. The summed E-state index contributed by atoms with van der Waals surface area (Å²) in [4.78, 5) is 40.9. The second-order valence-electron chi connectivity index (χ2n) is 4.05. The van der Waals surface area contributed by atoms with Crippen molar-refractivity contribution in [2.24, 2.45) is 0 Å². The molecule has 0 unspecified atom stereocenters. The molecule has 1 aromatic heterocycles. The highest BCUT2D eigenvalue weighted by atomic mass is 16.2. The SMILES string of the molecule is CCCC(=O)Nc1nc[nH]c(=O)c1NC(=O)CCC. The Hall–Kier alpha value is -2.18. The Morgan fingerprint density at radius 1 is 1.16 bits per heavy atom. The van der Waals surface area contributed by atoms with Crippen LogP contribution >= 0.6 is 0 Å². The van der Waals surface area contributed by atoms with Crippen LogP contribution in [-0.4, -0.2) is 21.8 Å². The predicted octanol–water partition coefficient (Wildman–Crippen LogP) is 1.25. The summed E-state index contributed by atoms with van der Waals surface area (Å²) in [6.07, 6.45) is 3.17. The second-order valence-corrected chi connectivity index (χ2v) is 4.05. The molecule has 0 aliphatic heterocycles. The standard InChI is InChI=1S/C12H18N4O3/c1-3-5-8(17)15-10-11(13-7-14-12(10)19)16-9(18)6-4-2/h7H,3-6H2,1-2H3,(H,15,17)(H2,13,14,16,18,19). The number of amides is 2. The van der Waals surface area contributed by atoms with Gasteiger partial charge >= 0.3 is 0 Å². The van der Waals surface area contributed by atoms with Crippen LogP contribution in [0.5, 0.6) is 0 Å². The first-order valence-corrected chi connectivity index (χ1v) is 6.25. The van der Waals surface area contributed by atoms with Gasteiger partial charge in [-0.25, -0.2) is 4.98 Å². The topological polar surface area (TPSA) is 104 Å². The number of hydrogen-bond donors (Lipinski definition) is 3. The molecule has 2 amide bonds. The van der Waals surface area contributed by atoms with Crippen LogP contribution in [0.3, 0.4) is 0 Å². The van der Waals surface area contributed by atoms with Gasteiger partial charge in [0.25, 0.3) is 5.56 Å². The number of carbonyl (C=O) groups excluding carboxylic acids is 2. The molecule has 0 aliphatic rings. The van der Waals surface area contributed by atoms with Crippen LogP contribution in [0.1, 0.15) is 39.5 Å². The number of H-pyrrole nitrogens is 1. The van der Waals surface area contributed by atoms with Gasteiger partial charge in [0.05, 0.1) is 6.33 Å². The van der Waals surface area contributed by atoms with Gasteiger partial charge in [-0.2, -0.15) is 0 Å². The molecule has 3 N–H and O–H groups in total. The number of aromatic nitrogens is 2. The Kier molecular flexibility index (Phi) is 5.72. The first-order valence-electron chi connectivity index (χ1n) is 6.25. The van der Waals surface area contributed by atoms with E-state index in [1.54, 1.807) is 0 Å². The van der Waals surface area contributed by atoms with Crippen molar-refractivity contribution < 1.29 is 9.59 Å². The van der Waals surface area contributed by atoms with Crippen molar-refractivity contribution in [3.05, 3.63) is 16.7 Å². The highest BCUT2D eigenvalue weighted by Gasteiger charge is 2.13. The summed E-state index contributed by atoms with van der Waals surface area (Å²) >= 11 is 0. The molecule has 1 heterocycles. The Balaban J connectivity index is 2.92. The zero-order valence-electron chi connectivity index (χ0n) is 11.1. The smallest absolute Gasteiger partial charge is 0.276 e. The molecule has 1 aromatic rings. The summed E-state index contributed by atoms with van der Waals surface area (Å²) in [5.41, 5.74) is -0.517. The van der Waals surface area contributed by atoms with Gasteiger partial charge in [-0.3, -0.25) is 14.4 Å². The van der Waals surface area contributed by atoms with E-state index in [9.17, 15) is 14.4 Å². The largest absolute Gasteiger partial charge is 0.318 e. The van der Waals surface area contributed by atoms with Gasteiger partial charge in [0.1, 0.15) is 0 Å². The minimum absolute atomic E-state index is 0.0228. The van der Waals surface area contributed by atoms with E-state index in [0.29, 0.717) is 25.7 Å². The van der Waals surface area contributed by atoms with Crippen molar-refractivity contribution in [1.29, 1.82) is 0 Å². The van der Waals surface area contributed by atoms with E-state index in [-0.39, 0.29) is 23.3 Å². The lowest BCUT2D eigenvalue weighted by atomic mass is 10.3. The number of nitrogens with zero attached hydrogens (tertiary/aromatic N) is 1. The van der Waals surface area contributed by atoms with E-state index in [4.69, 9.17) is 0 Å². The predicted molar refractivity (Wildman–Crippen MR) is 71.9 cm³/mol. The van der Waals surface area contributed by atoms with E-state index in [0.717, 1.165) is 0 Å². The fraction of sp³-hybridized carbons (Fsp3) is 0.500. The number of nitrogens with one attached hydrogen (secondary N) is 3. The van der Waals surface area contributed by atoms with Crippen LogP contribution in [-0.2, 0) is 9.59 Å². The molecule has 1 rings (SSSR count). The molecule has 0 saturated carbocycles. The first-order chi connectivity index (χ1) is 9.08. The van der Waals surface area contributed by atoms with Crippen molar-refractivity contribution in [3.8, 4) is 0 Å². The first kappa shape index (κ1) is 14.9. The maximum absolute atomic E-state index is 11.7. The van der Waals surface area contributed by atoms with Crippen LogP contribution in [0.4, 0.5) is 11.5 Å². The summed E-state index contributed by atoms with van der Waals surface area (Å²) in [7, 11) is 0. The highest BCUT2D eigenvalue weighted by molar-refractivity contribution is 5.97. The minimum atomic E-state index is -0.494. The molecular weight excluding hydrogens is 248 g/mol. The molecule has 0 atom stereocenters. The third-order valence-corrected chi connectivity index (χ3v) is 2.33. The van der Waals surface area contributed by atoms with Gasteiger partial charge in [0.15, 0.2) is 11.5 Å². The molecule has 7 heteroatoms. The Morgan fingerprint density at radius 2 is 1.74 bits per heavy atom. The third-order valence-electron chi connectivity index (χ3n) is 2.33. The zero-order valence-corrected chi connectivity index (χ0v) is 11.1. The lowest BCUT2D eigenvalue weighted by Gasteiger charge is -2.09. The normalized spacial score (nSPS) is 10.0. The fourth-order valence-corrected chi connectivity index (χ4v) is 1.46. The minimum Gasteiger partial charge on any atom is -0.318 e. The van der Waals surface area contributed by atoms with Crippen LogP contribution in [0.25, 0.3) is 0 Å². The summed E-state index contributed by atoms with van der Waals surface area (Å²) in [5, 5.41) is 4.98. The second kappa shape index (κ2) is 7.30. The summed E-state index contributed by atoms with van der Waals surface area (Å²) < 4.78 is 0. The molecule has 0 fully saturated rings. The number of rotatable bonds is 6. The lowest BCUT2D eigenvalue weighted by molar-refractivity contribution is -0.117. The fourth-order valence-electron chi connectivity index (χ4n) is 1.46. The van der Waals surface area contributed by atoms with Crippen molar-refractivity contribution >= 4 is 23.3 Å². The Labute approximate surface area is 110 Å². The maximum Gasteiger partial charge on any atom is 0.276 e. The molecule has 104 valence electrons. The Bertz CT molecular complexity index is 510. The molecule has 0 bridgehead atoms. The number of carbonyl (C=O) groups is 2. The summed E-state index contributed by atoms with van der Waals surface area (Å²) in [5.74, 6) is -0.453. The van der Waals surface area contributed by atoms with Crippen molar-refractivity contribution in [3.63, 3.8) is 0 Å². The van der Waals surface area contributed by atoms with Gasteiger partial charge in [-0.05, 0) is 12.8 Å². The molecule has 0 saturated heterocycles. The highest BCUT2D eigenvalue weighted by Crippen LogP contribution is 2.13. The molecule has 0 radical (unpaired) electrons. The van der Waals surface area contributed by atoms with Gasteiger partial charge < -0.3 is 15.6 Å². The number of aromatic amines is 1. The van der Waals surface area contributed by atoms with Crippen LogP contribution in [0.15, 0.2) is 11.1 Å². The van der Waals surface area contributed by atoms with E-state index >= 15 is 0 Å². The van der Waals surface area contributed by atoms with E-state index in [1.807, 2.05) is 13.8 Å². The van der Waals surface area contributed by atoms with Gasteiger partial charge in [-0.1, -0.05) is 13.8 Å². The maximum atomic E-state index is 11.7. The zero-order chi connectivity index (χ0) is 14.3. The van der Waals surface area contributed by atoms with Gasteiger partial charge in [-0.15, -0.1) is 0 Å². The van der Waals surface area contributed by atoms with E-state index in [2.05, 4.69) is 20.6 Å². The average Bonchev–Trinajstić information content (AvgIpc) is 2.34. The third kappa shape index (κ3) is 4.53. The molecular formula is C12H18N4O3.